The van der Waals surface area contributed by atoms with Crippen LogP contribution < -0.4 is 11.2 Å². The number of benzene rings is 1. The lowest BCUT2D eigenvalue weighted by atomic mass is 9.89. The highest BCUT2D eigenvalue weighted by Gasteiger charge is 2.12. The van der Waals surface area contributed by atoms with Gasteiger partial charge in [-0.25, -0.2) is 0 Å². The Bertz CT molecular complexity index is 465. The molecular weight excluding hydrogens is 175 g/mol. The van der Waals surface area contributed by atoms with Gasteiger partial charge in [0.15, 0.2) is 5.76 Å². The molecule has 1 aromatic heterocycles. The molecule has 0 aliphatic heterocycles. The molecule has 0 atom stereocenters. The molecule has 0 aliphatic carbocycles. The summed E-state index contributed by atoms with van der Waals surface area (Å²) in [5.41, 5.74) is 9.35. The molecule has 0 unspecified atom stereocenters. The van der Waals surface area contributed by atoms with Crippen molar-refractivity contribution in [3.63, 3.8) is 0 Å². The van der Waals surface area contributed by atoms with E-state index in [0.29, 0.717) is 11.4 Å². The van der Waals surface area contributed by atoms with E-state index in [1.807, 2.05) is 39.0 Å². The van der Waals surface area contributed by atoms with Crippen molar-refractivity contribution in [3.8, 4) is 11.3 Å². The molecule has 0 spiro atoms. The summed E-state index contributed by atoms with van der Waals surface area (Å²) in [4.78, 5) is 0. The molecule has 0 radical (unpaired) electrons. The van der Waals surface area contributed by atoms with Crippen molar-refractivity contribution in [2.24, 2.45) is 0 Å². The van der Waals surface area contributed by atoms with Gasteiger partial charge in [0, 0.05) is 5.56 Å². The van der Waals surface area contributed by atoms with Gasteiger partial charge in [0.2, 0.25) is 0 Å². The lowest BCUT2D eigenvalue weighted by Crippen LogP contribution is -2.05. The molecule has 0 amide bonds. The number of nitrogens with zero attached hydrogens (tertiary/aromatic N) is 1. The highest BCUT2D eigenvalue weighted by Crippen LogP contribution is 2.26. The van der Waals surface area contributed by atoms with Crippen LogP contribution in [-0.4, -0.2) is 13.0 Å². The summed E-state index contributed by atoms with van der Waals surface area (Å²) in [6.45, 7) is 1.83. The molecule has 0 saturated heterocycles. The first kappa shape index (κ1) is 8.87. The fourth-order valence-corrected chi connectivity index (χ4v) is 1.40. The predicted molar refractivity (Wildman–Crippen MR) is 59.3 cm³/mol. The number of rotatable bonds is 1. The molecule has 2 rings (SSSR count). The standard InChI is InChI=1S/C10H11BN2O/c1-6-9(12)10(14-13-6)7-4-2-3-5-8(7)11/h2-5H,11-12H2,1H3. The maximum absolute atomic E-state index is 5.85. The summed E-state index contributed by atoms with van der Waals surface area (Å²) in [6.07, 6.45) is 0. The summed E-state index contributed by atoms with van der Waals surface area (Å²) in [7, 11) is 2.02. The summed E-state index contributed by atoms with van der Waals surface area (Å²) < 4.78 is 5.19. The second-order valence-electron chi connectivity index (χ2n) is 3.33. The summed E-state index contributed by atoms with van der Waals surface area (Å²) in [5.74, 6) is 0.667. The Kier molecular flexibility index (Phi) is 2.04. The Hall–Kier alpha value is -1.71. The first-order valence-electron chi connectivity index (χ1n) is 4.48. The third-order valence-electron chi connectivity index (χ3n) is 2.30. The molecule has 1 heterocycles. The van der Waals surface area contributed by atoms with Gasteiger partial charge in [-0.3, -0.25) is 0 Å². The van der Waals surface area contributed by atoms with E-state index in [1.165, 1.54) is 0 Å². The van der Waals surface area contributed by atoms with E-state index in [-0.39, 0.29) is 0 Å². The summed E-state index contributed by atoms with van der Waals surface area (Å²) in [5, 5.41) is 3.83. The number of anilines is 1. The van der Waals surface area contributed by atoms with Crippen LogP contribution in [0.25, 0.3) is 11.3 Å². The molecule has 0 bridgehead atoms. The molecule has 1 aromatic carbocycles. The zero-order valence-corrected chi connectivity index (χ0v) is 8.24. The summed E-state index contributed by atoms with van der Waals surface area (Å²) >= 11 is 0. The Morgan fingerprint density at radius 3 is 2.64 bits per heavy atom. The van der Waals surface area contributed by atoms with Crippen LogP contribution >= 0.6 is 0 Å². The Morgan fingerprint density at radius 2 is 2.07 bits per heavy atom. The minimum atomic E-state index is 0.624. The van der Waals surface area contributed by atoms with Gasteiger partial charge < -0.3 is 10.3 Å². The maximum atomic E-state index is 5.85. The van der Waals surface area contributed by atoms with Gasteiger partial charge >= 0.3 is 0 Å². The van der Waals surface area contributed by atoms with Crippen molar-refractivity contribution in [3.05, 3.63) is 30.0 Å². The van der Waals surface area contributed by atoms with E-state index >= 15 is 0 Å². The molecule has 70 valence electrons. The van der Waals surface area contributed by atoms with Crippen LogP contribution in [0.5, 0.6) is 0 Å². The quantitative estimate of drug-likeness (QED) is 0.659. The lowest BCUT2D eigenvalue weighted by Gasteiger charge is -2.01. The van der Waals surface area contributed by atoms with Crippen LogP contribution in [0.1, 0.15) is 5.69 Å². The lowest BCUT2D eigenvalue weighted by molar-refractivity contribution is 0.427. The number of hydrogen-bond donors (Lipinski definition) is 1. The van der Waals surface area contributed by atoms with Gasteiger partial charge in [-0.1, -0.05) is 34.9 Å². The number of nitrogens with two attached hydrogens (primary N) is 1. The van der Waals surface area contributed by atoms with Crippen LogP contribution in [0.2, 0.25) is 0 Å². The molecule has 0 fully saturated rings. The smallest absolute Gasteiger partial charge is 0.189 e. The predicted octanol–water partition coefficient (Wildman–Crippen LogP) is 0.491. The van der Waals surface area contributed by atoms with Crippen molar-refractivity contribution in [2.45, 2.75) is 6.92 Å². The largest absolute Gasteiger partial charge is 0.394 e. The first-order chi connectivity index (χ1) is 6.70. The normalized spacial score (nSPS) is 10.4. The van der Waals surface area contributed by atoms with Gasteiger partial charge in [0.25, 0.3) is 0 Å². The zero-order chi connectivity index (χ0) is 10.1. The van der Waals surface area contributed by atoms with Crippen LogP contribution in [-0.2, 0) is 0 Å². The van der Waals surface area contributed by atoms with Crippen LogP contribution in [0.15, 0.2) is 28.8 Å². The molecule has 14 heavy (non-hydrogen) atoms. The van der Waals surface area contributed by atoms with Crippen molar-refractivity contribution < 1.29 is 4.52 Å². The minimum Gasteiger partial charge on any atom is -0.394 e. The van der Waals surface area contributed by atoms with E-state index in [1.54, 1.807) is 0 Å². The fraction of sp³-hybridized carbons (Fsp3) is 0.100. The molecule has 3 nitrogen and oxygen atoms in total. The Morgan fingerprint density at radius 1 is 1.36 bits per heavy atom. The average Bonchev–Trinajstić information content (AvgIpc) is 2.49. The first-order valence-corrected chi connectivity index (χ1v) is 4.48. The number of aromatic nitrogens is 1. The SMILES string of the molecule is Bc1ccccc1-c1onc(C)c1N. The van der Waals surface area contributed by atoms with Gasteiger partial charge in [0.1, 0.15) is 19.2 Å². The zero-order valence-electron chi connectivity index (χ0n) is 8.24. The third kappa shape index (κ3) is 1.29. The van der Waals surface area contributed by atoms with Crippen molar-refractivity contribution in [1.29, 1.82) is 0 Å². The topological polar surface area (TPSA) is 52.0 Å². The molecule has 2 aromatic rings. The molecule has 0 saturated carbocycles. The third-order valence-corrected chi connectivity index (χ3v) is 2.30. The average molecular weight is 186 g/mol. The monoisotopic (exact) mass is 186 g/mol. The summed E-state index contributed by atoms with van der Waals surface area (Å²) in [6, 6.07) is 7.94. The van der Waals surface area contributed by atoms with Gasteiger partial charge in [-0.15, -0.1) is 0 Å². The van der Waals surface area contributed by atoms with Crippen LogP contribution in [0.3, 0.4) is 0 Å². The maximum Gasteiger partial charge on any atom is 0.189 e. The Balaban J connectivity index is 2.60. The van der Waals surface area contributed by atoms with E-state index in [9.17, 15) is 0 Å². The molecule has 4 heteroatoms. The van der Waals surface area contributed by atoms with E-state index < -0.39 is 0 Å². The van der Waals surface area contributed by atoms with E-state index in [4.69, 9.17) is 10.3 Å². The Labute approximate surface area is 83.3 Å². The van der Waals surface area contributed by atoms with Gasteiger partial charge in [-0.05, 0) is 6.92 Å². The second kappa shape index (κ2) is 3.22. The molecule has 0 aliphatic rings. The number of hydrogen-bond acceptors (Lipinski definition) is 3. The second-order valence-corrected chi connectivity index (χ2v) is 3.33. The van der Waals surface area contributed by atoms with E-state index in [0.717, 1.165) is 16.7 Å². The highest BCUT2D eigenvalue weighted by atomic mass is 16.5. The number of nitrogen functional groups attached to an aromatic ring is 1. The van der Waals surface area contributed by atoms with Gasteiger partial charge in [0.05, 0.1) is 0 Å². The van der Waals surface area contributed by atoms with Crippen molar-refractivity contribution >= 4 is 19.0 Å². The van der Waals surface area contributed by atoms with Crippen molar-refractivity contribution in [2.75, 3.05) is 5.73 Å². The highest BCUT2D eigenvalue weighted by molar-refractivity contribution is 6.35. The van der Waals surface area contributed by atoms with Crippen LogP contribution in [0, 0.1) is 6.92 Å². The van der Waals surface area contributed by atoms with E-state index in [2.05, 4.69) is 5.16 Å². The van der Waals surface area contributed by atoms with Crippen molar-refractivity contribution in [1.82, 2.24) is 5.16 Å². The minimum absolute atomic E-state index is 0.624. The number of aryl methyl sites for hydroxylation is 1. The van der Waals surface area contributed by atoms with Crippen LogP contribution in [0.4, 0.5) is 5.69 Å². The molecular formula is C10H11BN2O. The fourth-order valence-electron chi connectivity index (χ4n) is 1.40. The molecule has 2 N–H and O–H groups in total. The van der Waals surface area contributed by atoms with Gasteiger partial charge in [-0.2, -0.15) is 0 Å².